The van der Waals surface area contributed by atoms with Crippen LogP contribution in [0, 0.1) is 5.82 Å². The number of ether oxygens (including phenoxy) is 1. The number of hydrogen-bond donors (Lipinski definition) is 1. The summed E-state index contributed by atoms with van der Waals surface area (Å²) >= 11 is 0. The summed E-state index contributed by atoms with van der Waals surface area (Å²) in [7, 11) is 1.52. The van der Waals surface area contributed by atoms with Gasteiger partial charge in [-0.15, -0.1) is 0 Å². The van der Waals surface area contributed by atoms with Gasteiger partial charge in [-0.2, -0.15) is 0 Å². The van der Waals surface area contributed by atoms with E-state index in [-0.39, 0.29) is 23.7 Å². The van der Waals surface area contributed by atoms with Crippen molar-refractivity contribution in [2.45, 2.75) is 26.5 Å². The van der Waals surface area contributed by atoms with Gasteiger partial charge in [0.2, 0.25) is 11.3 Å². The van der Waals surface area contributed by atoms with E-state index in [1.807, 2.05) is 6.92 Å². The second-order valence-electron chi connectivity index (χ2n) is 4.72. The molecular formula is C15H17FN2O3. The van der Waals surface area contributed by atoms with Gasteiger partial charge in [-0.25, -0.2) is 4.39 Å². The Morgan fingerprint density at radius 2 is 2.19 bits per heavy atom. The third kappa shape index (κ3) is 3.28. The van der Waals surface area contributed by atoms with E-state index in [2.05, 4.69) is 5.32 Å². The number of methoxy groups -OCH3 is 1. The summed E-state index contributed by atoms with van der Waals surface area (Å²) in [5, 5.41) is 2.78. The largest absolute Gasteiger partial charge is 0.364 e. The summed E-state index contributed by atoms with van der Waals surface area (Å²) in [5.74, 6) is -0.741. The van der Waals surface area contributed by atoms with E-state index in [0.717, 1.165) is 0 Å². The molecule has 0 saturated heterocycles. The predicted octanol–water partition coefficient (Wildman–Crippen LogP) is 2.48. The summed E-state index contributed by atoms with van der Waals surface area (Å²) in [4.78, 5) is 24.0. The molecule has 0 spiro atoms. The molecule has 6 heteroatoms. The number of fused-ring (bicyclic) bond motifs is 1. The van der Waals surface area contributed by atoms with Crippen LogP contribution in [0.4, 0.5) is 10.1 Å². The van der Waals surface area contributed by atoms with Gasteiger partial charge in [-0.1, -0.05) is 6.92 Å². The maximum atomic E-state index is 13.4. The lowest BCUT2D eigenvalue weighted by Gasteiger charge is -2.13. The zero-order chi connectivity index (χ0) is 15.4. The smallest absolute Gasteiger partial charge is 0.224 e. The Hall–Kier alpha value is -2.21. The molecule has 1 heterocycles. The Bertz CT molecular complexity index is 725. The van der Waals surface area contributed by atoms with Crippen molar-refractivity contribution in [3.63, 3.8) is 0 Å². The minimum absolute atomic E-state index is 0.128. The first-order valence-corrected chi connectivity index (χ1v) is 6.68. The third-order valence-electron chi connectivity index (χ3n) is 3.06. The SMILES string of the molecule is CCCC(=O)Nc1cn(COC)c2ccc(F)cc2c1=O. The van der Waals surface area contributed by atoms with Gasteiger partial charge in [0, 0.05) is 19.7 Å². The Morgan fingerprint density at radius 3 is 2.86 bits per heavy atom. The fourth-order valence-electron chi connectivity index (χ4n) is 2.14. The van der Waals surface area contributed by atoms with Gasteiger partial charge >= 0.3 is 0 Å². The summed E-state index contributed by atoms with van der Waals surface area (Å²) < 4.78 is 20.1. The number of rotatable bonds is 5. The van der Waals surface area contributed by atoms with Crippen LogP contribution in [0.3, 0.4) is 0 Å². The highest BCUT2D eigenvalue weighted by atomic mass is 19.1. The van der Waals surface area contributed by atoms with Crippen LogP contribution in [0.1, 0.15) is 19.8 Å². The zero-order valence-electron chi connectivity index (χ0n) is 12.0. The van der Waals surface area contributed by atoms with Crippen LogP contribution in [-0.2, 0) is 16.3 Å². The Labute approximate surface area is 121 Å². The minimum atomic E-state index is -0.499. The number of nitrogens with zero attached hydrogens (tertiary/aromatic N) is 1. The first-order valence-electron chi connectivity index (χ1n) is 6.68. The monoisotopic (exact) mass is 292 g/mol. The lowest BCUT2D eigenvalue weighted by atomic mass is 10.2. The van der Waals surface area contributed by atoms with E-state index in [1.54, 1.807) is 4.57 Å². The number of hydrogen-bond acceptors (Lipinski definition) is 3. The molecule has 0 aliphatic heterocycles. The fraction of sp³-hybridized carbons (Fsp3) is 0.333. The predicted molar refractivity (Wildman–Crippen MR) is 78.7 cm³/mol. The molecule has 0 atom stereocenters. The van der Waals surface area contributed by atoms with Gasteiger partial charge in [-0.05, 0) is 24.6 Å². The Balaban J connectivity index is 2.58. The molecular weight excluding hydrogens is 275 g/mol. The van der Waals surface area contributed by atoms with Crippen molar-refractivity contribution in [3.8, 4) is 0 Å². The normalized spacial score (nSPS) is 10.8. The van der Waals surface area contributed by atoms with Crippen LogP contribution in [0.5, 0.6) is 0 Å². The van der Waals surface area contributed by atoms with Gasteiger partial charge in [0.05, 0.1) is 10.9 Å². The van der Waals surface area contributed by atoms with Crippen molar-refractivity contribution < 1.29 is 13.9 Å². The number of nitrogens with one attached hydrogen (secondary N) is 1. The fourth-order valence-corrected chi connectivity index (χ4v) is 2.14. The highest BCUT2D eigenvalue weighted by Crippen LogP contribution is 2.16. The summed E-state index contributed by atoms with van der Waals surface area (Å²) in [6.45, 7) is 2.07. The molecule has 1 aromatic heterocycles. The van der Waals surface area contributed by atoms with Crippen LogP contribution in [0.2, 0.25) is 0 Å². The molecule has 0 fully saturated rings. The minimum Gasteiger partial charge on any atom is -0.364 e. The van der Waals surface area contributed by atoms with Crippen LogP contribution in [0.25, 0.3) is 10.9 Å². The maximum absolute atomic E-state index is 13.4. The lowest BCUT2D eigenvalue weighted by Crippen LogP contribution is -2.20. The molecule has 0 bridgehead atoms. The van der Waals surface area contributed by atoms with Crippen LogP contribution >= 0.6 is 0 Å². The summed E-state index contributed by atoms with van der Waals surface area (Å²) in [5.41, 5.74) is 0.279. The van der Waals surface area contributed by atoms with E-state index in [4.69, 9.17) is 4.74 Å². The molecule has 1 amide bonds. The second-order valence-corrected chi connectivity index (χ2v) is 4.72. The Kier molecular flexibility index (Phi) is 4.70. The number of amides is 1. The van der Waals surface area contributed by atoms with Crippen molar-refractivity contribution in [1.29, 1.82) is 0 Å². The third-order valence-corrected chi connectivity index (χ3v) is 3.06. The number of aromatic nitrogens is 1. The van der Waals surface area contributed by atoms with E-state index >= 15 is 0 Å². The van der Waals surface area contributed by atoms with Crippen molar-refractivity contribution in [2.75, 3.05) is 12.4 Å². The zero-order valence-corrected chi connectivity index (χ0v) is 12.0. The van der Waals surface area contributed by atoms with E-state index in [0.29, 0.717) is 18.4 Å². The highest BCUT2D eigenvalue weighted by molar-refractivity contribution is 5.93. The average Bonchev–Trinajstić information content (AvgIpc) is 2.44. The number of benzene rings is 1. The van der Waals surface area contributed by atoms with Crippen molar-refractivity contribution >= 4 is 22.5 Å². The topological polar surface area (TPSA) is 60.3 Å². The molecule has 2 aromatic rings. The quantitative estimate of drug-likeness (QED) is 0.921. The van der Waals surface area contributed by atoms with E-state index in [9.17, 15) is 14.0 Å². The van der Waals surface area contributed by atoms with Crippen LogP contribution in [-0.4, -0.2) is 17.6 Å². The second kappa shape index (κ2) is 6.49. The molecule has 0 radical (unpaired) electrons. The number of anilines is 1. The first kappa shape index (κ1) is 15.2. The van der Waals surface area contributed by atoms with Gasteiger partial charge < -0.3 is 14.6 Å². The molecule has 0 aliphatic carbocycles. The van der Waals surface area contributed by atoms with E-state index < -0.39 is 11.2 Å². The standard InChI is InChI=1S/C15H17FN2O3/c1-3-4-14(19)17-12-8-18(9-21-2)13-6-5-10(16)7-11(13)15(12)20/h5-8H,3-4,9H2,1-2H3,(H,17,19). The van der Waals surface area contributed by atoms with Gasteiger partial charge in [0.25, 0.3) is 0 Å². The number of carbonyl (C=O) groups is 1. The summed E-state index contributed by atoms with van der Waals surface area (Å²) in [6, 6.07) is 3.96. The van der Waals surface area contributed by atoms with Crippen LogP contribution < -0.4 is 10.7 Å². The molecule has 0 unspecified atom stereocenters. The number of carbonyl (C=O) groups excluding carboxylic acids is 1. The van der Waals surface area contributed by atoms with E-state index in [1.165, 1.54) is 31.5 Å². The highest BCUT2D eigenvalue weighted by Gasteiger charge is 2.12. The van der Waals surface area contributed by atoms with Crippen molar-refractivity contribution in [2.24, 2.45) is 0 Å². The molecule has 1 N–H and O–H groups in total. The lowest BCUT2D eigenvalue weighted by molar-refractivity contribution is -0.116. The van der Waals surface area contributed by atoms with Crippen LogP contribution in [0.15, 0.2) is 29.2 Å². The molecule has 1 aromatic carbocycles. The molecule has 0 saturated carbocycles. The maximum Gasteiger partial charge on any atom is 0.224 e. The van der Waals surface area contributed by atoms with Gasteiger partial charge in [-0.3, -0.25) is 9.59 Å². The van der Waals surface area contributed by atoms with Crippen molar-refractivity contribution in [1.82, 2.24) is 4.57 Å². The molecule has 112 valence electrons. The van der Waals surface area contributed by atoms with Crippen molar-refractivity contribution in [3.05, 3.63) is 40.4 Å². The molecule has 2 rings (SSSR count). The average molecular weight is 292 g/mol. The molecule has 21 heavy (non-hydrogen) atoms. The molecule has 5 nitrogen and oxygen atoms in total. The molecule has 0 aliphatic rings. The van der Waals surface area contributed by atoms with Gasteiger partial charge in [0.15, 0.2) is 0 Å². The van der Waals surface area contributed by atoms with Gasteiger partial charge in [0.1, 0.15) is 18.2 Å². The first-order chi connectivity index (χ1) is 10.1. The number of halogens is 1. The Morgan fingerprint density at radius 1 is 1.43 bits per heavy atom. The number of pyridine rings is 1. The summed E-state index contributed by atoms with van der Waals surface area (Å²) in [6.07, 6.45) is 2.52.